The van der Waals surface area contributed by atoms with Gasteiger partial charge in [-0.2, -0.15) is 0 Å². The predicted molar refractivity (Wildman–Crippen MR) is 84.3 cm³/mol. The molecular weight excluding hydrogens is 262 g/mol. The van der Waals surface area contributed by atoms with Crippen molar-refractivity contribution in [2.24, 2.45) is 11.7 Å². The van der Waals surface area contributed by atoms with Gasteiger partial charge in [0.15, 0.2) is 0 Å². The van der Waals surface area contributed by atoms with Crippen LogP contribution in [0.1, 0.15) is 6.42 Å². The van der Waals surface area contributed by atoms with Gasteiger partial charge in [-0.15, -0.1) is 0 Å². The summed E-state index contributed by atoms with van der Waals surface area (Å²) >= 11 is 0. The van der Waals surface area contributed by atoms with Crippen molar-refractivity contribution in [3.05, 3.63) is 54.6 Å². The van der Waals surface area contributed by atoms with E-state index in [0.29, 0.717) is 12.5 Å². The van der Waals surface area contributed by atoms with Crippen LogP contribution in [0.5, 0.6) is 5.75 Å². The van der Waals surface area contributed by atoms with Crippen LogP contribution in [0.4, 0.5) is 0 Å². The first-order valence-electron chi connectivity index (χ1n) is 7.44. The van der Waals surface area contributed by atoms with Crippen molar-refractivity contribution >= 4 is 0 Å². The molecule has 0 aromatic heterocycles. The molecule has 0 spiro atoms. The smallest absolute Gasteiger partial charge is 0.119 e. The third kappa shape index (κ3) is 3.63. The Morgan fingerprint density at radius 3 is 2.43 bits per heavy atom. The number of nitrogens with two attached hydrogens (primary N) is 1. The van der Waals surface area contributed by atoms with E-state index in [1.165, 1.54) is 11.1 Å². The third-order valence-electron chi connectivity index (χ3n) is 3.97. The molecule has 2 unspecified atom stereocenters. The van der Waals surface area contributed by atoms with Crippen molar-refractivity contribution in [1.29, 1.82) is 0 Å². The number of hydrogen-bond donors (Lipinski definition) is 1. The molecular formula is C18H21NO2. The van der Waals surface area contributed by atoms with E-state index in [0.717, 1.165) is 25.4 Å². The van der Waals surface area contributed by atoms with Gasteiger partial charge in [0.05, 0.1) is 6.61 Å². The zero-order valence-electron chi connectivity index (χ0n) is 12.1. The van der Waals surface area contributed by atoms with Gasteiger partial charge in [0.1, 0.15) is 12.4 Å². The van der Waals surface area contributed by atoms with Gasteiger partial charge in [0.25, 0.3) is 0 Å². The average molecular weight is 283 g/mol. The van der Waals surface area contributed by atoms with E-state index in [9.17, 15) is 0 Å². The summed E-state index contributed by atoms with van der Waals surface area (Å²) in [6, 6.07) is 18.5. The van der Waals surface area contributed by atoms with Crippen LogP contribution < -0.4 is 10.5 Å². The monoisotopic (exact) mass is 283 g/mol. The van der Waals surface area contributed by atoms with Gasteiger partial charge in [0.2, 0.25) is 0 Å². The largest absolute Gasteiger partial charge is 0.492 e. The van der Waals surface area contributed by atoms with Crippen molar-refractivity contribution in [3.8, 4) is 16.9 Å². The van der Waals surface area contributed by atoms with Crippen LogP contribution in [-0.4, -0.2) is 25.9 Å². The van der Waals surface area contributed by atoms with Gasteiger partial charge in [-0.25, -0.2) is 0 Å². The van der Waals surface area contributed by atoms with E-state index < -0.39 is 0 Å². The summed E-state index contributed by atoms with van der Waals surface area (Å²) in [7, 11) is 0. The second-order valence-corrected chi connectivity index (χ2v) is 5.49. The maximum absolute atomic E-state index is 6.14. The minimum Gasteiger partial charge on any atom is -0.492 e. The molecule has 110 valence electrons. The quantitative estimate of drug-likeness (QED) is 0.917. The lowest BCUT2D eigenvalue weighted by atomic mass is 10.0. The molecule has 2 aromatic rings. The third-order valence-corrected chi connectivity index (χ3v) is 3.97. The Morgan fingerprint density at radius 1 is 1.05 bits per heavy atom. The highest BCUT2D eigenvalue weighted by atomic mass is 16.5. The standard InChI is InChI=1S/C18H21NO2/c19-18(16-10-11-20-12-16)13-21-17-8-6-15(7-9-17)14-4-2-1-3-5-14/h1-9,16,18H,10-13,19H2. The molecule has 1 aliphatic heterocycles. The zero-order valence-corrected chi connectivity index (χ0v) is 12.1. The van der Waals surface area contributed by atoms with Crippen molar-refractivity contribution in [1.82, 2.24) is 0 Å². The van der Waals surface area contributed by atoms with E-state index >= 15 is 0 Å². The topological polar surface area (TPSA) is 44.5 Å². The van der Waals surface area contributed by atoms with Crippen LogP contribution >= 0.6 is 0 Å². The molecule has 3 rings (SSSR count). The van der Waals surface area contributed by atoms with Crippen molar-refractivity contribution < 1.29 is 9.47 Å². The molecule has 2 atom stereocenters. The summed E-state index contributed by atoms with van der Waals surface area (Å²) < 4.78 is 11.1. The molecule has 1 heterocycles. The Balaban J connectivity index is 1.57. The molecule has 3 heteroatoms. The highest BCUT2D eigenvalue weighted by Gasteiger charge is 2.23. The first kappa shape index (κ1) is 14.1. The van der Waals surface area contributed by atoms with Crippen LogP contribution in [-0.2, 0) is 4.74 Å². The summed E-state index contributed by atoms with van der Waals surface area (Å²) in [4.78, 5) is 0. The van der Waals surface area contributed by atoms with E-state index in [2.05, 4.69) is 24.3 Å². The molecule has 1 saturated heterocycles. The van der Waals surface area contributed by atoms with Gasteiger partial charge in [0, 0.05) is 18.6 Å². The first-order valence-corrected chi connectivity index (χ1v) is 7.44. The second-order valence-electron chi connectivity index (χ2n) is 5.49. The summed E-state index contributed by atoms with van der Waals surface area (Å²) in [5.74, 6) is 1.29. The summed E-state index contributed by atoms with van der Waals surface area (Å²) in [5, 5.41) is 0. The summed E-state index contributed by atoms with van der Waals surface area (Å²) in [6.07, 6.45) is 1.04. The van der Waals surface area contributed by atoms with Crippen LogP contribution in [0.2, 0.25) is 0 Å². The molecule has 1 fully saturated rings. The van der Waals surface area contributed by atoms with Crippen LogP contribution in [0.25, 0.3) is 11.1 Å². The van der Waals surface area contributed by atoms with Gasteiger partial charge < -0.3 is 15.2 Å². The summed E-state index contributed by atoms with van der Waals surface area (Å²) in [6.45, 7) is 2.13. The molecule has 2 aromatic carbocycles. The number of ether oxygens (including phenoxy) is 2. The Kier molecular flexibility index (Phi) is 4.53. The average Bonchev–Trinajstić information content (AvgIpc) is 3.08. The molecule has 2 N–H and O–H groups in total. The first-order chi connectivity index (χ1) is 10.3. The highest BCUT2D eigenvalue weighted by molar-refractivity contribution is 5.63. The highest BCUT2D eigenvalue weighted by Crippen LogP contribution is 2.22. The van der Waals surface area contributed by atoms with Crippen molar-refractivity contribution in [2.75, 3.05) is 19.8 Å². The molecule has 3 nitrogen and oxygen atoms in total. The van der Waals surface area contributed by atoms with Crippen molar-refractivity contribution in [2.45, 2.75) is 12.5 Å². The molecule has 0 amide bonds. The Morgan fingerprint density at radius 2 is 1.76 bits per heavy atom. The second kappa shape index (κ2) is 6.74. The lowest BCUT2D eigenvalue weighted by Gasteiger charge is -2.18. The minimum absolute atomic E-state index is 0.0429. The molecule has 0 saturated carbocycles. The van der Waals surface area contributed by atoms with Crippen molar-refractivity contribution in [3.63, 3.8) is 0 Å². The molecule has 0 radical (unpaired) electrons. The lowest BCUT2D eigenvalue weighted by Crippen LogP contribution is -2.36. The van der Waals surface area contributed by atoms with Gasteiger partial charge in [-0.1, -0.05) is 42.5 Å². The fraction of sp³-hybridized carbons (Fsp3) is 0.333. The van der Waals surface area contributed by atoms with Crippen LogP contribution in [0.15, 0.2) is 54.6 Å². The summed E-state index contributed by atoms with van der Waals surface area (Å²) in [5.41, 5.74) is 8.55. The minimum atomic E-state index is 0.0429. The number of rotatable bonds is 5. The lowest BCUT2D eigenvalue weighted by molar-refractivity contribution is 0.170. The van der Waals surface area contributed by atoms with E-state index in [-0.39, 0.29) is 6.04 Å². The number of hydrogen-bond acceptors (Lipinski definition) is 3. The maximum atomic E-state index is 6.14. The van der Waals surface area contributed by atoms with E-state index in [1.807, 2.05) is 30.3 Å². The van der Waals surface area contributed by atoms with Gasteiger partial charge in [-0.3, -0.25) is 0 Å². The number of benzene rings is 2. The SMILES string of the molecule is NC(COc1ccc(-c2ccccc2)cc1)C1CCOC1. The fourth-order valence-electron chi connectivity index (χ4n) is 2.59. The van der Waals surface area contributed by atoms with E-state index in [4.69, 9.17) is 15.2 Å². The van der Waals surface area contributed by atoms with Crippen LogP contribution in [0, 0.1) is 5.92 Å². The normalized spacial score (nSPS) is 19.4. The molecule has 0 bridgehead atoms. The van der Waals surface area contributed by atoms with Gasteiger partial charge in [-0.05, 0) is 29.7 Å². The van der Waals surface area contributed by atoms with Crippen LogP contribution in [0.3, 0.4) is 0 Å². The van der Waals surface area contributed by atoms with E-state index in [1.54, 1.807) is 0 Å². The zero-order chi connectivity index (χ0) is 14.5. The molecule has 1 aliphatic rings. The Bertz CT molecular complexity index is 547. The maximum Gasteiger partial charge on any atom is 0.119 e. The Hall–Kier alpha value is -1.84. The van der Waals surface area contributed by atoms with Gasteiger partial charge >= 0.3 is 0 Å². The Labute approximate surface area is 125 Å². The molecule has 0 aliphatic carbocycles. The molecule has 21 heavy (non-hydrogen) atoms. The predicted octanol–water partition coefficient (Wildman–Crippen LogP) is 3.10. The fourth-order valence-corrected chi connectivity index (χ4v) is 2.59.